The van der Waals surface area contributed by atoms with Gasteiger partial charge in [-0.1, -0.05) is 194 Å². The van der Waals surface area contributed by atoms with E-state index in [4.69, 9.17) is 4.42 Å². The molecule has 4 heteroatoms. The van der Waals surface area contributed by atoms with E-state index in [1.54, 1.807) is 0 Å². The van der Waals surface area contributed by atoms with Gasteiger partial charge in [-0.15, -0.1) is 0 Å². The Labute approximate surface area is 428 Å². The maximum atomic E-state index is 6.43. The van der Waals surface area contributed by atoms with Crippen LogP contribution >= 0.6 is 0 Å². The zero-order valence-electron chi connectivity index (χ0n) is 40.2. The molecule has 0 amide bonds. The maximum Gasteiger partial charge on any atom is 0.252 e. The molecule has 74 heavy (non-hydrogen) atoms. The van der Waals surface area contributed by atoms with Crippen molar-refractivity contribution < 1.29 is 4.42 Å². The molecule has 0 radical (unpaired) electrons. The molecule has 2 aliphatic heterocycles. The van der Waals surface area contributed by atoms with Gasteiger partial charge in [-0.3, -0.25) is 0 Å². The SMILES string of the molecule is c1ccc(-c2ccc(N3c4cc5c(ccc6ccccc65)cc4B4c5cc6ccc7ccccc7c6cc5N(c5ccc(-c6ccccc6)cc5)c5cc(-c6ccc7oc8ccccc8c7c6)cc3c54)cc2)cc1. The lowest BCUT2D eigenvalue weighted by atomic mass is 9.33. The zero-order chi connectivity index (χ0) is 48.4. The van der Waals surface area contributed by atoms with Crippen LogP contribution in [0.15, 0.2) is 265 Å². The Morgan fingerprint density at radius 2 is 0.689 bits per heavy atom. The van der Waals surface area contributed by atoms with Gasteiger partial charge in [0.2, 0.25) is 0 Å². The molecule has 1 aromatic heterocycles. The van der Waals surface area contributed by atoms with E-state index in [-0.39, 0.29) is 6.71 Å². The van der Waals surface area contributed by atoms with E-state index in [1.165, 1.54) is 93.1 Å². The summed E-state index contributed by atoms with van der Waals surface area (Å²) in [7, 11) is 0. The number of nitrogens with zero attached hydrogens (tertiary/aromatic N) is 2. The summed E-state index contributed by atoms with van der Waals surface area (Å²) in [6.45, 7) is -0.0919. The van der Waals surface area contributed by atoms with Crippen molar-refractivity contribution in [2.24, 2.45) is 0 Å². The Morgan fingerprint density at radius 1 is 0.257 bits per heavy atom. The van der Waals surface area contributed by atoms with Crippen LogP contribution in [0.1, 0.15) is 0 Å². The molecule has 16 rings (SSSR count). The molecular formula is C70H43BN2O. The standard InChI is InChI=1S/C70H43BN2O/c1-3-13-44(14-4-1)46-27-32-54(33-28-46)72-64-42-59-51(25-23-48-17-7-9-19-56(48)59)38-62(64)71-63-39-52-26-24-49-18-8-10-20-57(49)60(52)43-65(63)73(55-34-29-47(30-35-55)45-15-5-2-6-16-45)67-41-53(40-66(72)70(67)71)50-31-36-69-61(37-50)58-21-11-12-22-68(58)74-69/h1-43H. The third-order valence-electron chi connectivity index (χ3n) is 16.0. The third kappa shape index (κ3) is 6.22. The Hall–Kier alpha value is -9.64. The van der Waals surface area contributed by atoms with Gasteiger partial charge in [0.15, 0.2) is 0 Å². The fraction of sp³-hybridized carbons (Fsp3) is 0. The van der Waals surface area contributed by atoms with Crippen molar-refractivity contribution in [1.82, 2.24) is 0 Å². The minimum atomic E-state index is -0.0919. The Balaban J connectivity index is 1.03. The van der Waals surface area contributed by atoms with Crippen LogP contribution in [-0.2, 0) is 0 Å². The number of hydrogen-bond acceptors (Lipinski definition) is 3. The van der Waals surface area contributed by atoms with Gasteiger partial charge in [-0.2, -0.15) is 0 Å². The normalized spacial score (nSPS) is 12.8. The van der Waals surface area contributed by atoms with E-state index in [9.17, 15) is 0 Å². The molecular weight excluding hydrogens is 896 g/mol. The first-order chi connectivity index (χ1) is 36.7. The van der Waals surface area contributed by atoms with Crippen molar-refractivity contribution in [2.75, 3.05) is 9.80 Å². The van der Waals surface area contributed by atoms with Crippen LogP contribution in [0.2, 0.25) is 0 Å². The molecule has 3 nitrogen and oxygen atoms in total. The van der Waals surface area contributed by atoms with E-state index >= 15 is 0 Å². The molecule has 13 aromatic carbocycles. The van der Waals surface area contributed by atoms with Crippen LogP contribution < -0.4 is 26.2 Å². The van der Waals surface area contributed by atoms with Gasteiger partial charge in [-0.25, -0.2) is 0 Å². The van der Waals surface area contributed by atoms with Crippen molar-refractivity contribution in [2.45, 2.75) is 0 Å². The molecule has 0 spiro atoms. The summed E-state index contributed by atoms with van der Waals surface area (Å²) in [6, 6.07) is 96.7. The second-order valence-corrected chi connectivity index (χ2v) is 20.0. The molecule has 0 bridgehead atoms. The highest BCUT2D eigenvalue weighted by atomic mass is 16.3. The lowest BCUT2D eigenvalue weighted by molar-refractivity contribution is 0.669. The molecule has 3 heterocycles. The molecule has 2 aliphatic rings. The van der Waals surface area contributed by atoms with E-state index in [0.717, 1.165) is 55.8 Å². The van der Waals surface area contributed by atoms with E-state index in [0.29, 0.717) is 0 Å². The summed E-state index contributed by atoms with van der Waals surface area (Å²) in [5.41, 5.74) is 19.6. The summed E-state index contributed by atoms with van der Waals surface area (Å²) in [6.07, 6.45) is 0. The van der Waals surface area contributed by atoms with Gasteiger partial charge in [0.25, 0.3) is 6.71 Å². The van der Waals surface area contributed by atoms with Gasteiger partial charge < -0.3 is 14.2 Å². The van der Waals surface area contributed by atoms with Crippen LogP contribution in [-0.4, -0.2) is 6.71 Å². The van der Waals surface area contributed by atoms with Crippen molar-refractivity contribution in [3.05, 3.63) is 261 Å². The Kier molecular flexibility index (Phi) is 8.83. The first kappa shape index (κ1) is 41.0. The lowest BCUT2D eigenvalue weighted by Gasteiger charge is -2.45. The van der Waals surface area contributed by atoms with Crippen LogP contribution in [0.3, 0.4) is 0 Å². The molecule has 0 aliphatic carbocycles. The van der Waals surface area contributed by atoms with Gasteiger partial charge in [0, 0.05) is 44.9 Å². The van der Waals surface area contributed by atoms with Crippen molar-refractivity contribution in [3.8, 4) is 33.4 Å². The molecule has 14 aromatic rings. The monoisotopic (exact) mass is 938 g/mol. The first-order valence-corrected chi connectivity index (χ1v) is 25.6. The molecule has 342 valence electrons. The third-order valence-corrected chi connectivity index (χ3v) is 16.0. The zero-order valence-corrected chi connectivity index (χ0v) is 40.2. The molecule has 0 saturated carbocycles. The maximum absolute atomic E-state index is 6.43. The average Bonchev–Trinajstić information content (AvgIpc) is 3.85. The number of fused-ring (bicyclic) bond motifs is 13. The minimum Gasteiger partial charge on any atom is -0.456 e. The van der Waals surface area contributed by atoms with Crippen molar-refractivity contribution in [1.29, 1.82) is 0 Å². The van der Waals surface area contributed by atoms with Crippen LogP contribution in [0, 0.1) is 0 Å². The Bertz CT molecular complexity index is 4370. The quantitative estimate of drug-likeness (QED) is 0.127. The molecule has 0 unspecified atom stereocenters. The molecule has 0 saturated heterocycles. The number of furan rings is 1. The average molecular weight is 939 g/mol. The largest absolute Gasteiger partial charge is 0.456 e. The number of rotatable bonds is 5. The predicted molar refractivity (Wildman–Crippen MR) is 314 cm³/mol. The summed E-state index contributed by atoms with van der Waals surface area (Å²) in [5, 5.41) is 12.1. The van der Waals surface area contributed by atoms with E-state index < -0.39 is 0 Å². The molecule has 0 N–H and O–H groups in total. The second kappa shape index (κ2) is 15.9. The number of benzene rings is 13. The minimum absolute atomic E-state index is 0.0919. The van der Waals surface area contributed by atoms with Gasteiger partial charge in [-0.05, 0) is 160 Å². The summed E-state index contributed by atoms with van der Waals surface area (Å²) in [5.74, 6) is 0. The Morgan fingerprint density at radius 3 is 1.23 bits per heavy atom. The van der Waals surface area contributed by atoms with E-state index in [2.05, 4.69) is 265 Å². The molecule has 0 fully saturated rings. The number of para-hydroxylation sites is 1. The lowest BCUT2D eigenvalue weighted by Crippen LogP contribution is -2.61. The van der Waals surface area contributed by atoms with Crippen molar-refractivity contribution >= 4 is 122 Å². The molecule has 0 atom stereocenters. The topological polar surface area (TPSA) is 19.6 Å². The van der Waals surface area contributed by atoms with Crippen LogP contribution in [0.5, 0.6) is 0 Å². The predicted octanol–water partition coefficient (Wildman–Crippen LogP) is 17.3. The van der Waals surface area contributed by atoms with E-state index in [1.807, 2.05) is 6.07 Å². The highest BCUT2D eigenvalue weighted by molar-refractivity contribution is 7.00. The number of hydrogen-bond donors (Lipinski definition) is 0. The van der Waals surface area contributed by atoms with Crippen LogP contribution in [0.4, 0.5) is 34.1 Å². The second-order valence-electron chi connectivity index (χ2n) is 20.0. The van der Waals surface area contributed by atoms with Gasteiger partial charge in [0.1, 0.15) is 11.2 Å². The summed E-state index contributed by atoms with van der Waals surface area (Å²) < 4.78 is 6.43. The van der Waals surface area contributed by atoms with Gasteiger partial charge >= 0.3 is 0 Å². The highest BCUT2D eigenvalue weighted by Gasteiger charge is 2.44. The number of anilines is 6. The summed E-state index contributed by atoms with van der Waals surface area (Å²) in [4.78, 5) is 5.12. The van der Waals surface area contributed by atoms with Crippen LogP contribution in [0.25, 0.3) is 98.4 Å². The first-order valence-electron chi connectivity index (χ1n) is 25.6. The fourth-order valence-corrected chi connectivity index (χ4v) is 12.5. The van der Waals surface area contributed by atoms with Gasteiger partial charge in [0.05, 0.1) is 0 Å². The summed E-state index contributed by atoms with van der Waals surface area (Å²) >= 11 is 0. The smallest absolute Gasteiger partial charge is 0.252 e. The fourth-order valence-electron chi connectivity index (χ4n) is 12.5. The van der Waals surface area contributed by atoms with Crippen molar-refractivity contribution in [3.63, 3.8) is 0 Å². The highest BCUT2D eigenvalue weighted by Crippen LogP contribution is 2.49.